The van der Waals surface area contributed by atoms with Crippen molar-refractivity contribution in [1.82, 2.24) is 5.32 Å². The minimum Gasteiger partial charge on any atom is -0.479 e. The average Bonchev–Trinajstić information content (AvgIpc) is 2.77. The molecule has 0 aromatic carbocycles. The van der Waals surface area contributed by atoms with Gasteiger partial charge in [0.2, 0.25) is 0 Å². The van der Waals surface area contributed by atoms with Crippen molar-refractivity contribution >= 4 is 24.8 Å². The van der Waals surface area contributed by atoms with Crippen LogP contribution in [0, 0.1) is 0 Å². The highest BCUT2D eigenvalue weighted by Crippen LogP contribution is 2.25. The van der Waals surface area contributed by atoms with E-state index < -0.39 is 61.7 Å². The third-order valence-corrected chi connectivity index (χ3v) is 4.55. The van der Waals surface area contributed by atoms with Gasteiger partial charge in [-0.05, 0) is 13.8 Å². The summed E-state index contributed by atoms with van der Waals surface area (Å²) in [5, 5.41) is 32.5. The summed E-state index contributed by atoms with van der Waals surface area (Å²) in [6.45, 7) is 2.81. The highest BCUT2D eigenvalue weighted by Gasteiger charge is 2.47. The number of carboxylic acid groups (broad SMARTS) is 1. The molecule has 8 unspecified atom stereocenters. The van der Waals surface area contributed by atoms with Crippen molar-refractivity contribution in [3.63, 3.8) is 0 Å². The molecule has 184 valence electrons. The summed E-state index contributed by atoms with van der Waals surface area (Å²) in [6.07, 6.45) is -7.33. The molecule has 1 aliphatic rings. The molecular weight excluding hydrogens is 432 g/mol. The molecule has 8 atom stereocenters. The number of rotatable bonds is 15. The van der Waals surface area contributed by atoms with E-state index in [1.54, 1.807) is 13.8 Å². The molecule has 0 aromatic heterocycles. The second kappa shape index (κ2) is 14.3. The van der Waals surface area contributed by atoms with E-state index >= 15 is 0 Å². The zero-order valence-electron chi connectivity index (χ0n) is 18.4. The molecule has 13 nitrogen and oxygen atoms in total. The number of ether oxygens (including phenoxy) is 5. The average molecular weight is 464 g/mol. The van der Waals surface area contributed by atoms with Gasteiger partial charge >= 0.3 is 5.97 Å². The fourth-order valence-electron chi connectivity index (χ4n) is 3.00. The lowest BCUT2D eigenvalue weighted by Gasteiger charge is -2.44. The first-order valence-corrected chi connectivity index (χ1v) is 9.93. The van der Waals surface area contributed by atoms with Crippen molar-refractivity contribution in [1.29, 1.82) is 0 Å². The number of aliphatic hydroxyl groups is 2. The molecule has 1 rings (SSSR count). The summed E-state index contributed by atoms with van der Waals surface area (Å²) in [6, 6.07) is -1.12. The molecule has 1 aliphatic heterocycles. The Hall–Kier alpha value is -1.84. The molecule has 0 aliphatic carbocycles. The molecule has 0 saturated carbocycles. The van der Waals surface area contributed by atoms with Crippen molar-refractivity contribution in [2.45, 2.75) is 69.0 Å². The summed E-state index contributed by atoms with van der Waals surface area (Å²) in [5.41, 5.74) is 0. The van der Waals surface area contributed by atoms with Gasteiger partial charge in [0.25, 0.3) is 0 Å². The minimum atomic E-state index is -1.74. The Labute approximate surface area is 185 Å². The molecule has 32 heavy (non-hydrogen) atoms. The Balaban J connectivity index is 3.26. The van der Waals surface area contributed by atoms with Gasteiger partial charge < -0.3 is 53.9 Å². The Bertz CT molecular complexity index is 618. The highest BCUT2D eigenvalue weighted by atomic mass is 16.7. The van der Waals surface area contributed by atoms with Gasteiger partial charge in [-0.1, -0.05) is 0 Å². The number of carbonyl (C=O) groups excluding carboxylic acids is 2. The first kappa shape index (κ1) is 28.2. The van der Waals surface area contributed by atoms with Crippen molar-refractivity contribution in [3.8, 4) is 0 Å². The van der Waals surface area contributed by atoms with Crippen LogP contribution >= 0.6 is 0 Å². The lowest BCUT2D eigenvalue weighted by atomic mass is 9.96. The molecule has 0 spiro atoms. The van der Waals surface area contributed by atoms with Gasteiger partial charge in [0.15, 0.2) is 25.0 Å². The number of aldehydes is 2. The molecule has 0 radical (unpaired) electrons. The van der Waals surface area contributed by atoms with Crippen LogP contribution in [-0.4, -0.2) is 123 Å². The predicted octanol–water partition coefficient (Wildman–Crippen LogP) is -2.26. The summed E-state index contributed by atoms with van der Waals surface area (Å²) in [7, 11) is 2.47. The van der Waals surface area contributed by atoms with Gasteiger partial charge in [-0.15, -0.1) is 0 Å². The second-order valence-electron chi connectivity index (χ2n) is 7.14. The lowest BCUT2D eigenvalue weighted by Crippen LogP contribution is -2.65. The third-order valence-electron chi connectivity index (χ3n) is 4.55. The fourth-order valence-corrected chi connectivity index (χ4v) is 3.00. The van der Waals surface area contributed by atoms with Crippen LogP contribution in [0.4, 0.5) is 0 Å². The van der Waals surface area contributed by atoms with Crippen LogP contribution in [0.5, 0.6) is 0 Å². The maximum atomic E-state index is 11.7. The minimum absolute atomic E-state index is 0.134. The monoisotopic (exact) mass is 464 g/mol. The van der Waals surface area contributed by atoms with Gasteiger partial charge in [-0.2, -0.15) is 0 Å². The van der Waals surface area contributed by atoms with Crippen molar-refractivity contribution in [2.75, 3.05) is 27.4 Å². The summed E-state index contributed by atoms with van der Waals surface area (Å²) >= 11 is 0. The number of aliphatic carboxylic acids is 1. The Morgan fingerprint density at radius 3 is 2.44 bits per heavy atom. The Morgan fingerprint density at radius 2 is 1.97 bits per heavy atom. The maximum Gasteiger partial charge on any atom is 0.336 e. The molecule has 13 heteroatoms. The molecule has 0 bridgehead atoms. The zero-order chi connectivity index (χ0) is 24.3. The molecule has 1 heterocycles. The SMILES string of the molecule is COC(C=O)C(OC(C=NC(C)C)OC1C(O)C(CO)OC(OC)C1NCC=O)C(=O)O. The smallest absolute Gasteiger partial charge is 0.336 e. The molecular formula is C19H32N2O11. The summed E-state index contributed by atoms with van der Waals surface area (Å²) in [4.78, 5) is 37.9. The first-order valence-electron chi connectivity index (χ1n) is 9.93. The van der Waals surface area contributed by atoms with E-state index in [2.05, 4.69) is 10.3 Å². The standard InChI is InChI=1S/C19H32N2O11/c1-10(2)21-7-13(31-16(18(26)27)12(9-24)28-3)32-17-14(20-5-6-22)19(29-4)30-11(8-23)15(17)25/h6-7,9-17,19-20,23,25H,5,8H2,1-4H3,(H,26,27). The van der Waals surface area contributed by atoms with Gasteiger partial charge in [0, 0.05) is 20.3 Å². The number of nitrogens with one attached hydrogen (secondary N) is 1. The van der Waals surface area contributed by atoms with Crippen molar-refractivity contribution in [2.24, 2.45) is 4.99 Å². The van der Waals surface area contributed by atoms with Gasteiger partial charge in [0.1, 0.15) is 30.7 Å². The van der Waals surface area contributed by atoms with Crippen LogP contribution in [0.15, 0.2) is 4.99 Å². The van der Waals surface area contributed by atoms with E-state index in [0.29, 0.717) is 6.29 Å². The largest absolute Gasteiger partial charge is 0.479 e. The van der Waals surface area contributed by atoms with Crippen LogP contribution in [0.25, 0.3) is 0 Å². The number of carbonyl (C=O) groups is 3. The fraction of sp³-hybridized carbons (Fsp3) is 0.789. The number of hydrogen-bond acceptors (Lipinski definition) is 12. The van der Waals surface area contributed by atoms with E-state index in [4.69, 9.17) is 23.7 Å². The normalized spacial score (nSPS) is 29.0. The summed E-state index contributed by atoms with van der Waals surface area (Å²) in [5.74, 6) is -1.48. The van der Waals surface area contributed by atoms with E-state index in [9.17, 15) is 29.7 Å². The quantitative estimate of drug-likeness (QED) is 0.116. The van der Waals surface area contributed by atoms with Crippen LogP contribution in [0.3, 0.4) is 0 Å². The number of aliphatic imine (C=N–C) groups is 1. The number of nitrogens with zero attached hydrogens (tertiary/aromatic N) is 1. The molecule has 4 N–H and O–H groups in total. The molecule has 0 amide bonds. The predicted molar refractivity (Wildman–Crippen MR) is 108 cm³/mol. The highest BCUT2D eigenvalue weighted by molar-refractivity contribution is 5.79. The molecule has 1 saturated heterocycles. The Morgan fingerprint density at radius 1 is 1.28 bits per heavy atom. The van der Waals surface area contributed by atoms with Gasteiger partial charge in [-0.25, -0.2) is 4.79 Å². The third kappa shape index (κ3) is 7.94. The van der Waals surface area contributed by atoms with E-state index in [0.717, 1.165) is 7.11 Å². The topological polar surface area (TPSA) is 182 Å². The lowest BCUT2D eigenvalue weighted by molar-refractivity contribution is -0.291. The summed E-state index contributed by atoms with van der Waals surface area (Å²) < 4.78 is 26.9. The van der Waals surface area contributed by atoms with Crippen LogP contribution in [-0.2, 0) is 38.1 Å². The molecule has 1 fully saturated rings. The van der Waals surface area contributed by atoms with Gasteiger partial charge in [-0.3, -0.25) is 4.99 Å². The van der Waals surface area contributed by atoms with Crippen LogP contribution in [0.1, 0.15) is 13.8 Å². The first-order chi connectivity index (χ1) is 15.2. The Kier molecular flexibility index (Phi) is 12.6. The second-order valence-corrected chi connectivity index (χ2v) is 7.14. The van der Waals surface area contributed by atoms with E-state index in [-0.39, 0.29) is 18.9 Å². The van der Waals surface area contributed by atoms with Crippen molar-refractivity contribution < 1.29 is 53.4 Å². The van der Waals surface area contributed by atoms with E-state index in [1.165, 1.54) is 13.3 Å². The number of methoxy groups -OCH3 is 2. The van der Waals surface area contributed by atoms with Crippen molar-refractivity contribution in [3.05, 3.63) is 0 Å². The van der Waals surface area contributed by atoms with Crippen LogP contribution < -0.4 is 5.32 Å². The zero-order valence-corrected chi connectivity index (χ0v) is 18.4. The van der Waals surface area contributed by atoms with Gasteiger partial charge in [0.05, 0.1) is 25.4 Å². The maximum absolute atomic E-state index is 11.7. The van der Waals surface area contributed by atoms with Crippen LogP contribution in [0.2, 0.25) is 0 Å². The number of hydrogen-bond donors (Lipinski definition) is 4. The number of aliphatic hydroxyl groups excluding tert-OH is 2. The number of carboxylic acids is 1. The molecule has 0 aromatic rings. The van der Waals surface area contributed by atoms with E-state index in [1.807, 2.05) is 0 Å².